The van der Waals surface area contributed by atoms with Crippen LogP contribution in [-0.4, -0.2) is 63.0 Å². The van der Waals surface area contributed by atoms with Crippen molar-refractivity contribution in [2.45, 2.75) is 43.5 Å². The van der Waals surface area contributed by atoms with Crippen LogP contribution in [-0.2, 0) is 4.74 Å². The number of carbonyl (C=O) groups is 1. The molecule has 2 aliphatic rings. The molecular formula is C18H22N2O4S. The molecule has 2 N–H and O–H groups in total. The number of aliphatic hydroxyl groups excluding tert-OH is 1. The number of amides is 1. The number of fused-ring (bicyclic) bond motifs is 1. The molecule has 0 aliphatic carbocycles. The highest BCUT2D eigenvalue weighted by Gasteiger charge is 2.49. The van der Waals surface area contributed by atoms with Gasteiger partial charge in [-0.05, 0) is 38.0 Å². The van der Waals surface area contributed by atoms with Gasteiger partial charge < -0.3 is 19.8 Å². The molecule has 2 aromatic rings. The van der Waals surface area contributed by atoms with Gasteiger partial charge in [0.1, 0.15) is 6.10 Å². The number of rotatable bonds is 1. The predicted molar refractivity (Wildman–Crippen MR) is 94.7 cm³/mol. The molecule has 0 saturated carbocycles. The number of ether oxygens (including phenoxy) is 1. The van der Waals surface area contributed by atoms with Gasteiger partial charge in [0.2, 0.25) is 0 Å². The zero-order chi connectivity index (χ0) is 17.7. The lowest BCUT2D eigenvalue weighted by molar-refractivity contribution is -0.221. The van der Waals surface area contributed by atoms with E-state index in [4.69, 9.17) is 4.74 Å². The average Bonchev–Trinajstić information content (AvgIpc) is 3.06. The first-order valence-electron chi connectivity index (χ1n) is 8.56. The molecule has 2 fully saturated rings. The van der Waals surface area contributed by atoms with Crippen LogP contribution in [0.1, 0.15) is 36.5 Å². The molecule has 7 heteroatoms. The number of aliphatic hydroxyl groups is 2. The van der Waals surface area contributed by atoms with Crippen LogP contribution in [0, 0.1) is 0 Å². The predicted octanol–water partition coefficient (Wildman–Crippen LogP) is 1.80. The maximum absolute atomic E-state index is 12.8. The monoisotopic (exact) mass is 362 g/mol. The summed E-state index contributed by atoms with van der Waals surface area (Å²) in [6.07, 6.45) is 0.873. The van der Waals surface area contributed by atoms with E-state index in [-0.39, 0.29) is 12.5 Å². The minimum atomic E-state index is -1.14. The maximum atomic E-state index is 12.8. The summed E-state index contributed by atoms with van der Waals surface area (Å²) in [5.74, 6) is 0.00681. The zero-order valence-corrected chi connectivity index (χ0v) is 15.0. The number of hydrogen-bond acceptors (Lipinski definition) is 6. The highest BCUT2D eigenvalue weighted by Crippen LogP contribution is 2.39. The molecule has 1 unspecified atom stereocenters. The number of hydrogen-bond donors (Lipinski definition) is 2. The summed E-state index contributed by atoms with van der Waals surface area (Å²) in [6.45, 7) is 2.96. The van der Waals surface area contributed by atoms with Crippen molar-refractivity contribution in [2.75, 3.05) is 19.7 Å². The summed E-state index contributed by atoms with van der Waals surface area (Å²) in [5, 5.41) is 20.2. The molecule has 4 rings (SSSR count). The van der Waals surface area contributed by atoms with Crippen LogP contribution < -0.4 is 0 Å². The first-order chi connectivity index (χ1) is 11.9. The molecule has 0 radical (unpaired) electrons. The second kappa shape index (κ2) is 6.02. The Kier molecular flexibility index (Phi) is 4.07. The molecule has 1 aromatic heterocycles. The Hall–Kier alpha value is -1.54. The lowest BCUT2D eigenvalue weighted by Gasteiger charge is -2.49. The number of thiazole rings is 1. The van der Waals surface area contributed by atoms with Crippen molar-refractivity contribution in [3.63, 3.8) is 0 Å². The van der Waals surface area contributed by atoms with Crippen molar-refractivity contribution in [1.29, 1.82) is 0 Å². The van der Waals surface area contributed by atoms with Crippen molar-refractivity contribution >= 4 is 27.5 Å². The van der Waals surface area contributed by atoms with Gasteiger partial charge in [0.25, 0.3) is 5.91 Å². The Morgan fingerprint density at radius 2 is 2.16 bits per heavy atom. The number of benzene rings is 1. The quantitative estimate of drug-likeness (QED) is 0.808. The smallest absolute Gasteiger partial charge is 0.253 e. The van der Waals surface area contributed by atoms with E-state index >= 15 is 0 Å². The number of carbonyl (C=O) groups excluding carboxylic acids is 1. The van der Waals surface area contributed by atoms with Crippen LogP contribution >= 0.6 is 11.3 Å². The first-order valence-corrected chi connectivity index (χ1v) is 9.44. The Labute approximate surface area is 150 Å². The summed E-state index contributed by atoms with van der Waals surface area (Å²) in [4.78, 5) is 18.9. The molecule has 2 atom stereocenters. The molecule has 25 heavy (non-hydrogen) atoms. The Bertz CT molecular complexity index is 795. The van der Waals surface area contributed by atoms with Gasteiger partial charge >= 0.3 is 0 Å². The second-order valence-corrected chi connectivity index (χ2v) is 8.26. The van der Waals surface area contributed by atoms with Crippen molar-refractivity contribution in [3.05, 3.63) is 29.3 Å². The van der Waals surface area contributed by atoms with Gasteiger partial charge in [-0.3, -0.25) is 4.79 Å². The minimum Gasteiger partial charge on any atom is -0.388 e. The summed E-state index contributed by atoms with van der Waals surface area (Å²) in [7, 11) is 0. The fourth-order valence-electron chi connectivity index (χ4n) is 3.87. The molecule has 6 nitrogen and oxygen atoms in total. The summed E-state index contributed by atoms with van der Waals surface area (Å²) < 4.78 is 6.95. The van der Waals surface area contributed by atoms with Gasteiger partial charge in [-0.15, -0.1) is 11.3 Å². The van der Waals surface area contributed by atoms with Gasteiger partial charge in [-0.2, -0.15) is 0 Å². The van der Waals surface area contributed by atoms with E-state index in [1.807, 2.05) is 23.1 Å². The summed E-state index contributed by atoms with van der Waals surface area (Å²) in [6, 6.07) is 5.64. The zero-order valence-electron chi connectivity index (χ0n) is 14.1. The standard InChI is InChI=1S/C18H22N2O4S/c1-17(23)10-18(24-9-15(17)21)4-6-20(7-5-18)16(22)12-2-3-14-13(8-12)19-11-25-14/h2-3,8,11,15,21,23H,4-7,9-10H2,1H3/t15?,17-/m0/s1. The van der Waals surface area contributed by atoms with E-state index in [0.717, 1.165) is 10.2 Å². The number of likely N-dealkylation sites (tertiary alicyclic amines) is 1. The Balaban J connectivity index is 1.45. The largest absolute Gasteiger partial charge is 0.388 e. The van der Waals surface area contributed by atoms with E-state index in [2.05, 4.69) is 4.98 Å². The van der Waals surface area contributed by atoms with E-state index in [1.165, 1.54) is 0 Å². The van der Waals surface area contributed by atoms with Crippen LogP contribution in [0.15, 0.2) is 23.7 Å². The summed E-state index contributed by atoms with van der Waals surface area (Å²) in [5.41, 5.74) is 1.70. The lowest BCUT2D eigenvalue weighted by atomic mass is 9.76. The third-order valence-corrected chi connectivity index (χ3v) is 6.29. The maximum Gasteiger partial charge on any atom is 0.253 e. The van der Waals surface area contributed by atoms with E-state index in [1.54, 1.807) is 23.8 Å². The normalized spacial score (nSPS) is 29.2. The van der Waals surface area contributed by atoms with Gasteiger partial charge in [0, 0.05) is 25.1 Å². The van der Waals surface area contributed by atoms with Crippen molar-refractivity contribution < 1.29 is 19.7 Å². The van der Waals surface area contributed by atoms with E-state index < -0.39 is 17.3 Å². The van der Waals surface area contributed by atoms with E-state index in [0.29, 0.717) is 37.9 Å². The number of piperidine rings is 1. The van der Waals surface area contributed by atoms with Gasteiger partial charge in [0.05, 0.1) is 33.5 Å². The molecular weight excluding hydrogens is 340 g/mol. The molecule has 2 saturated heterocycles. The van der Waals surface area contributed by atoms with Crippen LogP contribution in [0.5, 0.6) is 0 Å². The fourth-order valence-corrected chi connectivity index (χ4v) is 4.53. The highest BCUT2D eigenvalue weighted by atomic mass is 32.1. The summed E-state index contributed by atoms with van der Waals surface area (Å²) >= 11 is 1.56. The van der Waals surface area contributed by atoms with Gasteiger partial charge in [-0.25, -0.2) is 4.98 Å². The van der Waals surface area contributed by atoms with Crippen LogP contribution in [0.4, 0.5) is 0 Å². The number of aromatic nitrogens is 1. The topological polar surface area (TPSA) is 82.9 Å². The van der Waals surface area contributed by atoms with E-state index in [9.17, 15) is 15.0 Å². The Morgan fingerprint density at radius 3 is 2.88 bits per heavy atom. The van der Waals surface area contributed by atoms with Crippen LogP contribution in [0.25, 0.3) is 10.2 Å². The average molecular weight is 362 g/mol. The van der Waals surface area contributed by atoms with Crippen molar-refractivity contribution in [1.82, 2.24) is 9.88 Å². The molecule has 134 valence electrons. The van der Waals surface area contributed by atoms with Gasteiger partial charge in [-0.1, -0.05) is 0 Å². The molecule has 1 spiro atoms. The van der Waals surface area contributed by atoms with Crippen LogP contribution in [0.2, 0.25) is 0 Å². The Morgan fingerprint density at radius 1 is 1.40 bits per heavy atom. The van der Waals surface area contributed by atoms with Crippen molar-refractivity contribution in [3.8, 4) is 0 Å². The SMILES string of the molecule is C[C@]1(O)CC2(CCN(C(=O)c3ccc4scnc4c3)CC2)OCC1O. The van der Waals surface area contributed by atoms with Gasteiger partial charge in [0.15, 0.2) is 0 Å². The first kappa shape index (κ1) is 16.9. The molecule has 1 aromatic carbocycles. The lowest BCUT2D eigenvalue weighted by Crippen LogP contribution is -2.59. The van der Waals surface area contributed by atoms with Crippen molar-refractivity contribution in [2.24, 2.45) is 0 Å². The molecule has 2 aliphatic heterocycles. The second-order valence-electron chi connectivity index (χ2n) is 7.37. The minimum absolute atomic E-state index is 0.00681. The molecule has 0 bridgehead atoms. The highest BCUT2D eigenvalue weighted by molar-refractivity contribution is 7.16. The number of nitrogens with zero attached hydrogens (tertiary/aromatic N) is 2. The molecule has 3 heterocycles. The fraction of sp³-hybridized carbons (Fsp3) is 0.556. The van der Waals surface area contributed by atoms with Crippen LogP contribution in [0.3, 0.4) is 0 Å². The third kappa shape index (κ3) is 3.06. The third-order valence-electron chi connectivity index (χ3n) is 5.48. The molecule has 1 amide bonds.